The van der Waals surface area contributed by atoms with Crippen LogP contribution in [0.2, 0.25) is 0 Å². The predicted octanol–water partition coefficient (Wildman–Crippen LogP) is 0.682. The Labute approximate surface area is 111 Å². The van der Waals surface area contributed by atoms with Crippen LogP contribution >= 0.6 is 12.4 Å². The van der Waals surface area contributed by atoms with E-state index >= 15 is 0 Å². The van der Waals surface area contributed by atoms with Gasteiger partial charge in [0.05, 0.1) is 0 Å². The Morgan fingerprint density at radius 2 is 1.86 bits per heavy atom. The second kappa shape index (κ2) is 8.26. The van der Waals surface area contributed by atoms with Crippen LogP contribution in [0.3, 0.4) is 0 Å². The summed E-state index contributed by atoms with van der Waals surface area (Å²) in [5.41, 5.74) is 6.30. The molecular weight excluding hydrogens is 213 g/mol. The molecule has 0 unspecified atom stereocenters. The van der Waals surface area contributed by atoms with E-state index < -0.39 is 12.0 Å². The van der Waals surface area contributed by atoms with Crippen LogP contribution < -0.4 is 5.73 Å². The molecule has 0 aromatic heterocycles. The molecule has 1 rings (SSSR count). The van der Waals surface area contributed by atoms with Gasteiger partial charge in [-0.25, -0.2) is 0 Å². The number of carboxylic acids is 1. The van der Waals surface area contributed by atoms with Gasteiger partial charge >= 0.3 is 5.97 Å². The SMILES string of the molecule is Cl.N[C@@H](Cc1ccccc1)C(=O)O.[Na]. The average molecular weight is 225 g/mol. The minimum atomic E-state index is -0.959. The van der Waals surface area contributed by atoms with Gasteiger partial charge in [-0.1, -0.05) is 30.3 Å². The Morgan fingerprint density at radius 3 is 2.29 bits per heavy atom. The molecule has 0 aliphatic carbocycles. The van der Waals surface area contributed by atoms with Crippen molar-refractivity contribution in [1.29, 1.82) is 0 Å². The third-order valence-electron chi connectivity index (χ3n) is 1.62. The number of benzene rings is 1. The molecule has 0 amide bonds. The molecule has 0 saturated heterocycles. The Bertz CT molecular complexity index is 269. The van der Waals surface area contributed by atoms with E-state index in [0.29, 0.717) is 6.42 Å². The smallest absolute Gasteiger partial charge is 0.320 e. The zero-order chi connectivity index (χ0) is 8.97. The van der Waals surface area contributed by atoms with E-state index in [4.69, 9.17) is 10.8 Å². The number of aliphatic carboxylic acids is 1. The van der Waals surface area contributed by atoms with Crippen molar-refractivity contribution in [2.75, 3.05) is 0 Å². The number of nitrogens with two attached hydrogens (primary N) is 1. The minimum Gasteiger partial charge on any atom is -0.480 e. The maximum Gasteiger partial charge on any atom is 0.320 e. The number of halogens is 1. The maximum absolute atomic E-state index is 10.4. The summed E-state index contributed by atoms with van der Waals surface area (Å²) in [5.74, 6) is -0.959. The summed E-state index contributed by atoms with van der Waals surface area (Å²) < 4.78 is 0. The second-order valence-electron chi connectivity index (χ2n) is 2.63. The summed E-state index contributed by atoms with van der Waals surface area (Å²) >= 11 is 0. The molecule has 5 heteroatoms. The van der Waals surface area contributed by atoms with Crippen molar-refractivity contribution in [2.24, 2.45) is 5.73 Å². The number of hydrogen-bond acceptors (Lipinski definition) is 2. The van der Waals surface area contributed by atoms with Gasteiger partial charge in [0.2, 0.25) is 0 Å². The Kier molecular flexibility index (Phi) is 9.67. The van der Waals surface area contributed by atoms with E-state index in [-0.39, 0.29) is 42.0 Å². The summed E-state index contributed by atoms with van der Waals surface area (Å²) in [7, 11) is 0. The van der Waals surface area contributed by atoms with Gasteiger partial charge in [0, 0.05) is 29.6 Å². The van der Waals surface area contributed by atoms with Crippen molar-refractivity contribution in [2.45, 2.75) is 12.5 Å². The van der Waals surface area contributed by atoms with Gasteiger partial charge in [0.1, 0.15) is 6.04 Å². The molecule has 73 valence electrons. The van der Waals surface area contributed by atoms with Crippen molar-refractivity contribution in [3.8, 4) is 0 Å². The van der Waals surface area contributed by atoms with E-state index in [1.807, 2.05) is 30.3 Å². The Balaban J connectivity index is 0. The summed E-state index contributed by atoms with van der Waals surface area (Å²) in [5, 5.41) is 8.52. The molecule has 3 nitrogen and oxygen atoms in total. The minimum absolute atomic E-state index is 0. The molecule has 0 aliphatic heterocycles. The number of rotatable bonds is 3. The fourth-order valence-corrected chi connectivity index (χ4v) is 0.955. The van der Waals surface area contributed by atoms with E-state index in [1.54, 1.807) is 0 Å². The molecule has 3 N–H and O–H groups in total. The topological polar surface area (TPSA) is 63.3 Å². The van der Waals surface area contributed by atoms with Crippen molar-refractivity contribution in [3.63, 3.8) is 0 Å². The monoisotopic (exact) mass is 224 g/mol. The number of carbonyl (C=O) groups is 1. The van der Waals surface area contributed by atoms with Crippen molar-refractivity contribution < 1.29 is 9.90 Å². The zero-order valence-corrected chi connectivity index (χ0v) is 10.8. The van der Waals surface area contributed by atoms with Gasteiger partial charge in [-0.05, 0) is 12.0 Å². The normalized spacial score (nSPS) is 10.6. The molecule has 0 bridgehead atoms. The molecule has 1 atom stereocenters. The van der Waals surface area contributed by atoms with E-state index in [0.717, 1.165) is 5.56 Å². The third kappa shape index (κ3) is 5.62. The molecule has 0 fully saturated rings. The summed E-state index contributed by atoms with van der Waals surface area (Å²) in [6.07, 6.45) is 0.385. The fourth-order valence-electron chi connectivity index (χ4n) is 0.955. The number of hydrogen-bond donors (Lipinski definition) is 2. The van der Waals surface area contributed by atoms with Crippen LogP contribution in [0.1, 0.15) is 5.56 Å². The van der Waals surface area contributed by atoms with Crippen molar-refractivity contribution in [1.82, 2.24) is 0 Å². The Morgan fingerprint density at radius 1 is 1.36 bits per heavy atom. The Hall–Kier alpha value is -0.0600. The summed E-state index contributed by atoms with van der Waals surface area (Å²) in [6.45, 7) is 0. The fraction of sp³-hybridized carbons (Fsp3) is 0.222. The van der Waals surface area contributed by atoms with Gasteiger partial charge in [-0.15, -0.1) is 12.4 Å². The van der Waals surface area contributed by atoms with Gasteiger partial charge < -0.3 is 10.8 Å². The molecular formula is C9H12ClNNaO2. The van der Waals surface area contributed by atoms with Crippen LogP contribution in [0.4, 0.5) is 0 Å². The maximum atomic E-state index is 10.4. The van der Waals surface area contributed by atoms with Gasteiger partial charge in [0.15, 0.2) is 0 Å². The molecule has 0 saturated carbocycles. The molecule has 0 heterocycles. The van der Waals surface area contributed by atoms with Gasteiger partial charge in [-0.2, -0.15) is 0 Å². The standard InChI is InChI=1S/C9H11NO2.ClH.Na/c10-8(9(11)12)6-7-4-2-1-3-5-7;;/h1-5,8H,6,10H2,(H,11,12);1H;/t8-;;/m0../s1. The van der Waals surface area contributed by atoms with E-state index in [2.05, 4.69) is 0 Å². The van der Waals surface area contributed by atoms with E-state index in [1.165, 1.54) is 0 Å². The summed E-state index contributed by atoms with van der Waals surface area (Å²) in [4.78, 5) is 10.4. The van der Waals surface area contributed by atoms with Crippen LogP contribution in [-0.2, 0) is 11.2 Å². The second-order valence-corrected chi connectivity index (χ2v) is 2.63. The first-order chi connectivity index (χ1) is 5.70. The zero-order valence-electron chi connectivity index (χ0n) is 8.01. The quantitative estimate of drug-likeness (QED) is 0.743. The first-order valence-corrected chi connectivity index (χ1v) is 3.72. The average Bonchev–Trinajstić information content (AvgIpc) is 2.06. The van der Waals surface area contributed by atoms with E-state index in [9.17, 15) is 4.79 Å². The third-order valence-corrected chi connectivity index (χ3v) is 1.62. The van der Waals surface area contributed by atoms with Crippen LogP contribution in [0, 0.1) is 0 Å². The molecule has 1 aromatic carbocycles. The van der Waals surface area contributed by atoms with Crippen molar-refractivity contribution >= 4 is 47.9 Å². The largest absolute Gasteiger partial charge is 0.480 e. The first kappa shape index (κ1) is 16.4. The molecule has 14 heavy (non-hydrogen) atoms. The predicted molar refractivity (Wildman–Crippen MR) is 58.8 cm³/mol. The first-order valence-electron chi connectivity index (χ1n) is 3.72. The van der Waals surface area contributed by atoms with Gasteiger partial charge in [-0.3, -0.25) is 4.79 Å². The van der Waals surface area contributed by atoms with Crippen LogP contribution in [-0.4, -0.2) is 46.7 Å². The van der Waals surface area contributed by atoms with Crippen molar-refractivity contribution in [3.05, 3.63) is 35.9 Å². The molecule has 0 aliphatic rings. The summed E-state index contributed by atoms with van der Waals surface area (Å²) in [6, 6.07) is 8.54. The molecule has 1 radical (unpaired) electrons. The molecule has 1 aromatic rings. The molecule has 0 spiro atoms. The van der Waals surface area contributed by atoms with Crippen LogP contribution in [0.25, 0.3) is 0 Å². The number of carboxylic acid groups (broad SMARTS) is 1. The van der Waals surface area contributed by atoms with Gasteiger partial charge in [0.25, 0.3) is 0 Å². The van der Waals surface area contributed by atoms with Crippen LogP contribution in [0.15, 0.2) is 30.3 Å². The van der Waals surface area contributed by atoms with Crippen LogP contribution in [0.5, 0.6) is 0 Å².